The Balaban J connectivity index is 2.25. The van der Waals surface area contributed by atoms with E-state index in [1.165, 1.54) is 11.8 Å². The third-order valence-electron chi connectivity index (χ3n) is 2.52. The molecule has 0 saturated carbocycles. The number of rotatable bonds is 4. The highest BCUT2D eigenvalue weighted by molar-refractivity contribution is 7.99. The number of hydrogen-bond donors (Lipinski definition) is 2. The summed E-state index contributed by atoms with van der Waals surface area (Å²) < 4.78 is 5.09. The number of nitrogens with one attached hydrogen (secondary N) is 1. The van der Waals surface area contributed by atoms with E-state index in [9.17, 15) is 4.79 Å². The van der Waals surface area contributed by atoms with Crippen LogP contribution in [-0.2, 0) is 0 Å². The summed E-state index contributed by atoms with van der Waals surface area (Å²) in [4.78, 5) is 13.3. The SMILES string of the molecule is COc1ccc(Sc2ccccc2C(=O)NO)cc1. The van der Waals surface area contributed by atoms with Crippen molar-refractivity contribution in [3.8, 4) is 5.75 Å². The second kappa shape index (κ2) is 6.26. The first-order valence-corrected chi connectivity index (χ1v) is 6.41. The topological polar surface area (TPSA) is 58.6 Å². The summed E-state index contributed by atoms with van der Waals surface area (Å²) in [5.74, 6) is 0.266. The zero-order valence-corrected chi connectivity index (χ0v) is 11.1. The lowest BCUT2D eigenvalue weighted by Crippen LogP contribution is -2.19. The number of methoxy groups -OCH3 is 1. The molecule has 0 aliphatic heterocycles. The average Bonchev–Trinajstić information content (AvgIpc) is 2.48. The fourth-order valence-corrected chi connectivity index (χ4v) is 2.52. The molecule has 0 unspecified atom stereocenters. The van der Waals surface area contributed by atoms with Crippen molar-refractivity contribution in [3.05, 3.63) is 54.1 Å². The smallest absolute Gasteiger partial charge is 0.275 e. The Hall–Kier alpha value is -1.98. The predicted octanol–water partition coefficient (Wildman–Crippen LogP) is 2.97. The van der Waals surface area contributed by atoms with E-state index in [1.54, 1.807) is 24.7 Å². The highest BCUT2D eigenvalue weighted by Crippen LogP contribution is 2.31. The van der Waals surface area contributed by atoms with Gasteiger partial charge in [0, 0.05) is 9.79 Å². The van der Waals surface area contributed by atoms with E-state index in [0.29, 0.717) is 5.56 Å². The van der Waals surface area contributed by atoms with Crippen molar-refractivity contribution < 1.29 is 14.7 Å². The summed E-state index contributed by atoms with van der Waals surface area (Å²) in [6.07, 6.45) is 0. The molecule has 0 bridgehead atoms. The molecular weight excluding hydrogens is 262 g/mol. The van der Waals surface area contributed by atoms with Gasteiger partial charge in [0.05, 0.1) is 12.7 Å². The lowest BCUT2D eigenvalue weighted by atomic mass is 10.2. The first-order valence-electron chi connectivity index (χ1n) is 5.60. The summed E-state index contributed by atoms with van der Waals surface area (Å²) in [5.41, 5.74) is 2.09. The third-order valence-corrected chi connectivity index (χ3v) is 3.60. The van der Waals surface area contributed by atoms with Crippen LogP contribution >= 0.6 is 11.8 Å². The monoisotopic (exact) mass is 275 g/mol. The summed E-state index contributed by atoms with van der Waals surface area (Å²) in [6, 6.07) is 14.6. The molecule has 0 fully saturated rings. The molecule has 5 heteroatoms. The van der Waals surface area contributed by atoms with E-state index < -0.39 is 5.91 Å². The number of ether oxygens (including phenoxy) is 1. The van der Waals surface area contributed by atoms with Crippen molar-refractivity contribution in [2.75, 3.05) is 7.11 Å². The van der Waals surface area contributed by atoms with Crippen LogP contribution in [0.2, 0.25) is 0 Å². The van der Waals surface area contributed by atoms with Crippen molar-refractivity contribution >= 4 is 17.7 Å². The van der Waals surface area contributed by atoms with Crippen LogP contribution in [0.4, 0.5) is 0 Å². The van der Waals surface area contributed by atoms with Crippen molar-refractivity contribution in [1.82, 2.24) is 5.48 Å². The molecule has 0 saturated heterocycles. The average molecular weight is 275 g/mol. The van der Waals surface area contributed by atoms with E-state index in [1.807, 2.05) is 36.4 Å². The van der Waals surface area contributed by atoms with Gasteiger partial charge in [-0.15, -0.1) is 0 Å². The van der Waals surface area contributed by atoms with Crippen LogP contribution in [0.25, 0.3) is 0 Å². The highest BCUT2D eigenvalue weighted by atomic mass is 32.2. The van der Waals surface area contributed by atoms with Gasteiger partial charge < -0.3 is 4.74 Å². The molecule has 2 rings (SSSR count). The summed E-state index contributed by atoms with van der Waals surface area (Å²) in [7, 11) is 1.61. The molecule has 0 aromatic heterocycles. The maximum Gasteiger partial charge on any atom is 0.275 e. The van der Waals surface area contributed by atoms with Gasteiger partial charge in [-0.05, 0) is 36.4 Å². The van der Waals surface area contributed by atoms with Gasteiger partial charge in [0.1, 0.15) is 5.75 Å². The Morgan fingerprint density at radius 1 is 1.16 bits per heavy atom. The predicted molar refractivity (Wildman–Crippen MR) is 72.8 cm³/mol. The molecule has 4 nitrogen and oxygen atoms in total. The van der Waals surface area contributed by atoms with Gasteiger partial charge in [0.25, 0.3) is 5.91 Å². The quantitative estimate of drug-likeness (QED) is 0.665. The van der Waals surface area contributed by atoms with Gasteiger partial charge >= 0.3 is 0 Å². The van der Waals surface area contributed by atoms with Crippen LogP contribution in [0.1, 0.15) is 10.4 Å². The normalized spacial score (nSPS) is 10.0. The Morgan fingerprint density at radius 3 is 2.47 bits per heavy atom. The van der Waals surface area contributed by atoms with Crippen molar-refractivity contribution in [2.24, 2.45) is 0 Å². The minimum absolute atomic E-state index is 0.436. The van der Waals surface area contributed by atoms with E-state index in [-0.39, 0.29) is 0 Å². The highest BCUT2D eigenvalue weighted by Gasteiger charge is 2.10. The zero-order valence-electron chi connectivity index (χ0n) is 10.3. The second-order valence-corrected chi connectivity index (χ2v) is 4.83. The Bertz CT molecular complexity index is 569. The summed E-state index contributed by atoms with van der Waals surface area (Å²) in [6.45, 7) is 0. The molecule has 1 amide bonds. The molecule has 0 atom stereocenters. The van der Waals surface area contributed by atoms with Gasteiger partial charge in [-0.1, -0.05) is 23.9 Å². The van der Waals surface area contributed by atoms with Gasteiger partial charge in [-0.3, -0.25) is 10.0 Å². The Labute approximate surface area is 115 Å². The van der Waals surface area contributed by atoms with Crippen LogP contribution in [0.5, 0.6) is 5.75 Å². The standard InChI is InChI=1S/C14H13NO3S/c1-18-10-6-8-11(9-7-10)19-13-5-3-2-4-12(13)14(16)15-17/h2-9,17H,1H3,(H,15,16). The molecule has 0 spiro atoms. The Morgan fingerprint density at radius 2 is 1.84 bits per heavy atom. The van der Waals surface area contributed by atoms with Gasteiger partial charge in [-0.25, -0.2) is 5.48 Å². The van der Waals surface area contributed by atoms with Crippen LogP contribution in [0.3, 0.4) is 0 Å². The molecule has 0 radical (unpaired) electrons. The molecular formula is C14H13NO3S. The van der Waals surface area contributed by atoms with Crippen molar-refractivity contribution in [3.63, 3.8) is 0 Å². The molecule has 2 aromatic rings. The number of carbonyl (C=O) groups is 1. The molecule has 19 heavy (non-hydrogen) atoms. The minimum Gasteiger partial charge on any atom is -0.497 e. The molecule has 0 aliphatic carbocycles. The number of hydroxylamine groups is 1. The number of benzene rings is 2. The molecule has 0 aliphatic rings. The van der Waals surface area contributed by atoms with Gasteiger partial charge in [0.15, 0.2) is 0 Å². The first-order chi connectivity index (χ1) is 9.24. The van der Waals surface area contributed by atoms with Crippen LogP contribution in [0.15, 0.2) is 58.3 Å². The number of amides is 1. The molecule has 2 N–H and O–H groups in total. The fraction of sp³-hybridized carbons (Fsp3) is 0.0714. The van der Waals surface area contributed by atoms with Gasteiger partial charge in [0.2, 0.25) is 0 Å². The van der Waals surface area contributed by atoms with Crippen molar-refractivity contribution in [1.29, 1.82) is 0 Å². The number of carbonyl (C=O) groups excluding carboxylic acids is 1. The van der Waals surface area contributed by atoms with E-state index in [2.05, 4.69) is 0 Å². The van der Waals surface area contributed by atoms with Crippen LogP contribution in [0, 0.1) is 0 Å². The lowest BCUT2D eigenvalue weighted by molar-refractivity contribution is 0.0703. The van der Waals surface area contributed by atoms with Crippen LogP contribution in [-0.4, -0.2) is 18.2 Å². The van der Waals surface area contributed by atoms with Crippen LogP contribution < -0.4 is 10.2 Å². The summed E-state index contributed by atoms with van der Waals surface area (Å²) in [5, 5.41) is 8.72. The third kappa shape index (κ3) is 3.27. The lowest BCUT2D eigenvalue weighted by Gasteiger charge is -2.07. The molecule has 98 valence electrons. The molecule has 0 heterocycles. The van der Waals surface area contributed by atoms with E-state index >= 15 is 0 Å². The van der Waals surface area contributed by atoms with E-state index in [0.717, 1.165) is 15.5 Å². The van der Waals surface area contributed by atoms with Gasteiger partial charge in [-0.2, -0.15) is 0 Å². The maximum atomic E-state index is 11.5. The largest absolute Gasteiger partial charge is 0.497 e. The maximum absolute atomic E-state index is 11.5. The first kappa shape index (κ1) is 13.5. The minimum atomic E-state index is -0.517. The number of hydrogen-bond acceptors (Lipinski definition) is 4. The summed E-state index contributed by atoms with van der Waals surface area (Å²) >= 11 is 1.45. The second-order valence-electron chi connectivity index (χ2n) is 3.71. The zero-order chi connectivity index (χ0) is 13.7. The van der Waals surface area contributed by atoms with E-state index in [4.69, 9.17) is 9.94 Å². The fourth-order valence-electron chi connectivity index (χ4n) is 1.57. The Kier molecular flexibility index (Phi) is 4.43. The molecule has 2 aromatic carbocycles. The van der Waals surface area contributed by atoms with Crippen molar-refractivity contribution in [2.45, 2.75) is 9.79 Å².